The lowest BCUT2D eigenvalue weighted by molar-refractivity contribution is 0.0662. The van der Waals surface area contributed by atoms with E-state index >= 15 is 0 Å². The van der Waals surface area contributed by atoms with Crippen LogP contribution >= 0.6 is 0 Å². The normalized spacial score (nSPS) is 16.7. The van der Waals surface area contributed by atoms with E-state index in [1.165, 1.54) is 0 Å². The van der Waals surface area contributed by atoms with E-state index in [1.54, 1.807) is 21.3 Å². The molecule has 0 fully saturated rings. The SMILES string of the molecule is COc1cc(OC)c(OC)cc1CN[C@H](C)[C@@H]1COc2ccccc2O1. The fourth-order valence-electron chi connectivity index (χ4n) is 2.92. The van der Waals surface area contributed by atoms with Crippen LogP contribution in [0.2, 0.25) is 0 Å². The monoisotopic (exact) mass is 359 g/mol. The molecule has 2 aromatic carbocycles. The summed E-state index contributed by atoms with van der Waals surface area (Å²) in [5, 5.41) is 3.48. The highest BCUT2D eigenvalue weighted by Gasteiger charge is 2.26. The van der Waals surface area contributed by atoms with Crippen molar-refractivity contribution in [3.05, 3.63) is 42.0 Å². The lowest BCUT2D eigenvalue weighted by Gasteiger charge is -2.31. The van der Waals surface area contributed by atoms with Gasteiger partial charge in [-0.2, -0.15) is 0 Å². The van der Waals surface area contributed by atoms with Gasteiger partial charge in [0.2, 0.25) is 0 Å². The Labute approximate surface area is 154 Å². The Balaban J connectivity index is 1.67. The topological polar surface area (TPSA) is 58.2 Å². The number of para-hydroxylation sites is 2. The molecule has 0 saturated heterocycles. The standard InChI is InChI=1S/C20H25NO5/c1-13(20-12-25-15-7-5-6-8-16(15)26-20)21-11-14-9-18(23-3)19(24-4)10-17(14)22-2/h5-10,13,20-21H,11-12H2,1-4H3/t13-,20+/m1/s1. The maximum atomic E-state index is 6.06. The number of benzene rings is 2. The predicted molar refractivity (Wildman–Crippen MR) is 98.8 cm³/mol. The average molecular weight is 359 g/mol. The Kier molecular flexibility index (Phi) is 5.73. The van der Waals surface area contributed by atoms with Gasteiger partial charge in [0.1, 0.15) is 18.5 Å². The molecule has 6 heteroatoms. The summed E-state index contributed by atoms with van der Waals surface area (Å²) in [6.45, 7) is 3.19. The quantitative estimate of drug-likeness (QED) is 0.820. The van der Waals surface area contributed by atoms with Crippen LogP contribution in [0.1, 0.15) is 12.5 Å². The van der Waals surface area contributed by atoms with Crippen LogP contribution < -0.4 is 29.0 Å². The summed E-state index contributed by atoms with van der Waals surface area (Å²) < 4.78 is 28.0. The van der Waals surface area contributed by atoms with Gasteiger partial charge < -0.3 is 29.0 Å². The molecule has 6 nitrogen and oxygen atoms in total. The van der Waals surface area contributed by atoms with Crippen molar-refractivity contribution in [2.75, 3.05) is 27.9 Å². The van der Waals surface area contributed by atoms with Gasteiger partial charge in [-0.3, -0.25) is 0 Å². The number of methoxy groups -OCH3 is 3. The first kappa shape index (κ1) is 18.2. The fourth-order valence-corrected chi connectivity index (χ4v) is 2.92. The van der Waals surface area contributed by atoms with Gasteiger partial charge in [0.05, 0.1) is 21.3 Å². The summed E-state index contributed by atoms with van der Waals surface area (Å²) in [6, 6.07) is 11.6. The number of nitrogens with one attached hydrogen (secondary N) is 1. The average Bonchev–Trinajstić information content (AvgIpc) is 2.70. The predicted octanol–water partition coefficient (Wildman–Crippen LogP) is 3.03. The van der Waals surface area contributed by atoms with Gasteiger partial charge in [-0.1, -0.05) is 12.1 Å². The third kappa shape index (κ3) is 3.80. The molecule has 0 amide bonds. The first-order valence-electron chi connectivity index (χ1n) is 8.57. The van der Waals surface area contributed by atoms with Crippen molar-refractivity contribution in [3.8, 4) is 28.7 Å². The van der Waals surface area contributed by atoms with Crippen LogP contribution in [0.25, 0.3) is 0 Å². The van der Waals surface area contributed by atoms with Crippen LogP contribution in [-0.4, -0.2) is 40.1 Å². The zero-order chi connectivity index (χ0) is 18.5. The molecule has 2 aromatic rings. The summed E-state index contributed by atoms with van der Waals surface area (Å²) >= 11 is 0. The zero-order valence-electron chi connectivity index (χ0n) is 15.6. The van der Waals surface area contributed by atoms with Crippen molar-refractivity contribution >= 4 is 0 Å². The highest BCUT2D eigenvalue weighted by atomic mass is 16.6. The van der Waals surface area contributed by atoms with Crippen LogP contribution in [0.5, 0.6) is 28.7 Å². The molecular formula is C20H25NO5. The Morgan fingerprint density at radius 3 is 2.35 bits per heavy atom. The van der Waals surface area contributed by atoms with E-state index in [4.69, 9.17) is 23.7 Å². The minimum Gasteiger partial charge on any atom is -0.496 e. The molecule has 1 heterocycles. The number of rotatable bonds is 7. The van der Waals surface area contributed by atoms with E-state index in [2.05, 4.69) is 12.2 Å². The van der Waals surface area contributed by atoms with Crippen LogP contribution in [0.15, 0.2) is 36.4 Å². The highest BCUT2D eigenvalue weighted by Crippen LogP contribution is 2.35. The molecule has 1 N–H and O–H groups in total. The molecule has 0 bridgehead atoms. The molecule has 0 radical (unpaired) electrons. The second-order valence-corrected chi connectivity index (χ2v) is 6.10. The van der Waals surface area contributed by atoms with E-state index in [9.17, 15) is 0 Å². The Morgan fingerprint density at radius 1 is 1.00 bits per heavy atom. The van der Waals surface area contributed by atoms with E-state index in [0.717, 1.165) is 22.8 Å². The molecular weight excluding hydrogens is 334 g/mol. The van der Waals surface area contributed by atoms with Crippen molar-refractivity contribution in [3.63, 3.8) is 0 Å². The van der Waals surface area contributed by atoms with Crippen molar-refractivity contribution in [1.29, 1.82) is 0 Å². The lowest BCUT2D eigenvalue weighted by atomic mass is 10.1. The van der Waals surface area contributed by atoms with Crippen molar-refractivity contribution < 1.29 is 23.7 Å². The molecule has 0 spiro atoms. The Bertz CT molecular complexity index is 749. The molecule has 1 aliphatic heterocycles. The number of fused-ring (bicyclic) bond motifs is 1. The summed E-state index contributed by atoms with van der Waals surface area (Å²) in [5.41, 5.74) is 0.981. The molecule has 3 rings (SSSR count). The second kappa shape index (κ2) is 8.19. The molecule has 0 saturated carbocycles. The zero-order valence-corrected chi connectivity index (χ0v) is 15.6. The third-order valence-corrected chi connectivity index (χ3v) is 4.49. The van der Waals surface area contributed by atoms with Gasteiger partial charge in [0.25, 0.3) is 0 Å². The maximum Gasteiger partial charge on any atom is 0.164 e. The van der Waals surface area contributed by atoms with Gasteiger partial charge in [-0.25, -0.2) is 0 Å². The lowest BCUT2D eigenvalue weighted by Crippen LogP contribution is -2.45. The minimum atomic E-state index is -0.0731. The van der Waals surface area contributed by atoms with Gasteiger partial charge in [0.15, 0.2) is 23.0 Å². The van der Waals surface area contributed by atoms with Crippen LogP contribution in [0.4, 0.5) is 0 Å². The minimum absolute atomic E-state index is 0.0731. The van der Waals surface area contributed by atoms with E-state index in [0.29, 0.717) is 24.7 Å². The summed E-state index contributed by atoms with van der Waals surface area (Å²) in [7, 11) is 4.87. The Hall–Kier alpha value is -2.60. The molecule has 140 valence electrons. The van der Waals surface area contributed by atoms with E-state index in [-0.39, 0.29) is 12.1 Å². The van der Waals surface area contributed by atoms with Gasteiger partial charge in [-0.05, 0) is 25.1 Å². The maximum absolute atomic E-state index is 6.06. The first-order valence-corrected chi connectivity index (χ1v) is 8.57. The summed E-state index contributed by atoms with van der Waals surface area (Å²) in [5.74, 6) is 3.62. The highest BCUT2D eigenvalue weighted by molar-refractivity contribution is 5.50. The molecule has 2 atom stereocenters. The molecule has 0 unspecified atom stereocenters. The molecule has 0 aromatic heterocycles. The van der Waals surface area contributed by atoms with E-state index in [1.807, 2.05) is 36.4 Å². The number of hydrogen-bond acceptors (Lipinski definition) is 6. The summed E-state index contributed by atoms with van der Waals surface area (Å²) in [4.78, 5) is 0. The number of hydrogen-bond donors (Lipinski definition) is 1. The fraction of sp³-hybridized carbons (Fsp3) is 0.400. The van der Waals surface area contributed by atoms with Gasteiger partial charge in [0, 0.05) is 24.2 Å². The summed E-state index contributed by atoms with van der Waals surface area (Å²) in [6.07, 6.45) is -0.0731. The molecule has 26 heavy (non-hydrogen) atoms. The van der Waals surface area contributed by atoms with Crippen LogP contribution in [0, 0.1) is 0 Å². The number of ether oxygens (including phenoxy) is 5. The smallest absolute Gasteiger partial charge is 0.164 e. The first-order chi connectivity index (χ1) is 12.7. The Morgan fingerprint density at radius 2 is 1.65 bits per heavy atom. The van der Waals surface area contributed by atoms with Crippen molar-refractivity contribution in [1.82, 2.24) is 5.32 Å². The third-order valence-electron chi connectivity index (χ3n) is 4.49. The largest absolute Gasteiger partial charge is 0.496 e. The van der Waals surface area contributed by atoms with Crippen molar-refractivity contribution in [2.45, 2.75) is 25.6 Å². The van der Waals surface area contributed by atoms with Crippen LogP contribution in [-0.2, 0) is 6.54 Å². The van der Waals surface area contributed by atoms with Crippen molar-refractivity contribution in [2.24, 2.45) is 0 Å². The molecule has 0 aliphatic carbocycles. The second-order valence-electron chi connectivity index (χ2n) is 6.10. The van der Waals surface area contributed by atoms with Crippen LogP contribution in [0.3, 0.4) is 0 Å². The van der Waals surface area contributed by atoms with Gasteiger partial charge in [-0.15, -0.1) is 0 Å². The van der Waals surface area contributed by atoms with E-state index < -0.39 is 0 Å². The van der Waals surface area contributed by atoms with Gasteiger partial charge >= 0.3 is 0 Å². The molecule has 1 aliphatic rings.